The average Bonchev–Trinajstić information content (AvgIpc) is 2.68. The second-order valence-electron chi connectivity index (χ2n) is 4.90. The summed E-state index contributed by atoms with van der Waals surface area (Å²) >= 11 is 0. The monoisotopic (exact) mass is 365 g/mol. The Labute approximate surface area is 126 Å². The van der Waals surface area contributed by atoms with Crippen LogP contribution in [-0.4, -0.2) is 34.4 Å². The molecule has 0 bridgehead atoms. The molecule has 1 aromatic rings. The quantitative estimate of drug-likeness (QED) is 0.487. The van der Waals surface area contributed by atoms with Gasteiger partial charge in [-0.2, -0.15) is 5.10 Å². The van der Waals surface area contributed by atoms with E-state index in [9.17, 15) is 0 Å². The van der Waals surface area contributed by atoms with Crippen molar-refractivity contribution < 1.29 is 0 Å². The summed E-state index contributed by atoms with van der Waals surface area (Å²) in [5.41, 5.74) is 0.0205. The predicted molar refractivity (Wildman–Crippen MR) is 86.5 cm³/mol. The smallest absolute Gasteiger partial charge is 0.191 e. The lowest BCUT2D eigenvalue weighted by molar-refractivity contribution is 0.500. The lowest BCUT2D eigenvalue weighted by Crippen LogP contribution is -2.47. The average molecular weight is 365 g/mol. The zero-order chi connectivity index (χ0) is 12.7. The van der Waals surface area contributed by atoms with Gasteiger partial charge in [0.25, 0.3) is 0 Å². The highest BCUT2D eigenvalue weighted by molar-refractivity contribution is 14.0. The van der Waals surface area contributed by atoms with E-state index in [0.717, 1.165) is 19.0 Å². The van der Waals surface area contributed by atoms with E-state index in [1.807, 2.05) is 16.9 Å². The molecule has 0 unspecified atom stereocenters. The molecule has 104 valence electrons. The normalized spacial score (nSPS) is 11.9. The molecule has 2 N–H and O–H groups in total. The van der Waals surface area contributed by atoms with Crippen molar-refractivity contribution in [2.45, 2.75) is 39.8 Å². The van der Waals surface area contributed by atoms with Gasteiger partial charge >= 0.3 is 0 Å². The number of rotatable bonds is 4. The van der Waals surface area contributed by atoms with E-state index in [4.69, 9.17) is 0 Å². The fourth-order valence-electron chi connectivity index (χ4n) is 1.36. The molecule has 0 amide bonds. The number of nitrogens with one attached hydrogen (secondary N) is 2. The Morgan fingerprint density at radius 3 is 2.61 bits per heavy atom. The fraction of sp³-hybridized carbons (Fsp3) is 0.667. The highest BCUT2D eigenvalue weighted by Crippen LogP contribution is 1.97. The van der Waals surface area contributed by atoms with Crippen LogP contribution in [0.5, 0.6) is 0 Å². The molecule has 0 saturated carbocycles. The Morgan fingerprint density at radius 1 is 1.39 bits per heavy atom. The number of guanidine groups is 1. The maximum Gasteiger partial charge on any atom is 0.191 e. The topological polar surface area (TPSA) is 54.2 Å². The van der Waals surface area contributed by atoms with Crippen LogP contribution in [-0.2, 0) is 6.54 Å². The van der Waals surface area contributed by atoms with Crippen LogP contribution in [0.15, 0.2) is 23.5 Å². The molecule has 1 aromatic heterocycles. The van der Waals surface area contributed by atoms with E-state index < -0.39 is 0 Å². The summed E-state index contributed by atoms with van der Waals surface area (Å²) in [6.45, 7) is 10.8. The van der Waals surface area contributed by atoms with Gasteiger partial charge < -0.3 is 10.6 Å². The molecular weight excluding hydrogens is 341 g/mol. The van der Waals surface area contributed by atoms with Crippen molar-refractivity contribution in [1.82, 2.24) is 20.4 Å². The Bertz CT molecular complexity index is 340. The SMILES string of the molecule is CCNC(=NCCn1cccn1)NC(C)(C)C.I. The summed E-state index contributed by atoms with van der Waals surface area (Å²) in [7, 11) is 0. The molecule has 0 spiro atoms. The van der Waals surface area contributed by atoms with Gasteiger partial charge in [-0.3, -0.25) is 9.67 Å². The first kappa shape index (κ1) is 17.2. The molecule has 1 rings (SSSR count). The van der Waals surface area contributed by atoms with Gasteiger partial charge in [0, 0.05) is 24.5 Å². The van der Waals surface area contributed by atoms with Gasteiger partial charge in [-0.05, 0) is 33.8 Å². The fourth-order valence-corrected chi connectivity index (χ4v) is 1.36. The Morgan fingerprint density at radius 2 is 2.11 bits per heavy atom. The third-order valence-corrected chi connectivity index (χ3v) is 2.00. The van der Waals surface area contributed by atoms with E-state index in [1.165, 1.54) is 0 Å². The molecule has 6 heteroatoms. The van der Waals surface area contributed by atoms with Crippen molar-refractivity contribution in [2.75, 3.05) is 13.1 Å². The minimum Gasteiger partial charge on any atom is -0.357 e. The number of nitrogens with zero attached hydrogens (tertiary/aromatic N) is 3. The van der Waals surface area contributed by atoms with Crippen LogP contribution < -0.4 is 10.6 Å². The van der Waals surface area contributed by atoms with Gasteiger partial charge in [-0.1, -0.05) is 0 Å². The first-order valence-electron chi connectivity index (χ1n) is 6.05. The van der Waals surface area contributed by atoms with Gasteiger partial charge in [0.15, 0.2) is 5.96 Å². The molecule has 0 aliphatic carbocycles. The Balaban J connectivity index is 0.00000289. The Hall–Kier alpha value is -0.790. The highest BCUT2D eigenvalue weighted by Gasteiger charge is 2.11. The third kappa shape index (κ3) is 7.52. The van der Waals surface area contributed by atoms with Crippen LogP contribution in [0.4, 0.5) is 0 Å². The highest BCUT2D eigenvalue weighted by atomic mass is 127. The van der Waals surface area contributed by atoms with Crippen LogP contribution in [0.1, 0.15) is 27.7 Å². The molecule has 0 aliphatic heterocycles. The molecule has 0 saturated heterocycles. The second kappa shape index (κ2) is 8.34. The zero-order valence-corrected chi connectivity index (χ0v) is 13.9. The van der Waals surface area contributed by atoms with E-state index in [2.05, 4.69) is 48.4 Å². The lowest BCUT2D eigenvalue weighted by Gasteiger charge is -2.23. The molecule has 1 heterocycles. The second-order valence-corrected chi connectivity index (χ2v) is 4.90. The van der Waals surface area contributed by atoms with E-state index in [0.29, 0.717) is 6.54 Å². The summed E-state index contributed by atoms with van der Waals surface area (Å²) in [5.74, 6) is 0.854. The van der Waals surface area contributed by atoms with Crippen molar-refractivity contribution >= 4 is 29.9 Å². The van der Waals surface area contributed by atoms with Crippen molar-refractivity contribution in [1.29, 1.82) is 0 Å². The summed E-state index contributed by atoms with van der Waals surface area (Å²) in [6.07, 6.45) is 3.72. The van der Waals surface area contributed by atoms with Crippen LogP contribution in [0.2, 0.25) is 0 Å². The molecular formula is C12H24IN5. The molecule has 0 radical (unpaired) electrons. The van der Waals surface area contributed by atoms with Crippen LogP contribution in [0.25, 0.3) is 0 Å². The number of hydrogen-bond donors (Lipinski definition) is 2. The van der Waals surface area contributed by atoms with Crippen molar-refractivity contribution in [2.24, 2.45) is 4.99 Å². The van der Waals surface area contributed by atoms with Crippen molar-refractivity contribution in [3.63, 3.8) is 0 Å². The summed E-state index contributed by atoms with van der Waals surface area (Å²) in [6, 6.07) is 1.92. The molecule has 18 heavy (non-hydrogen) atoms. The molecule has 0 atom stereocenters. The van der Waals surface area contributed by atoms with Gasteiger partial charge in [-0.25, -0.2) is 0 Å². The van der Waals surface area contributed by atoms with Gasteiger partial charge in [0.1, 0.15) is 0 Å². The zero-order valence-electron chi connectivity index (χ0n) is 11.6. The Kier molecular flexibility index (Phi) is 7.97. The molecule has 0 fully saturated rings. The number of aliphatic imine (C=N–C) groups is 1. The predicted octanol–water partition coefficient (Wildman–Crippen LogP) is 1.85. The lowest BCUT2D eigenvalue weighted by atomic mass is 10.1. The minimum absolute atomic E-state index is 0. The summed E-state index contributed by atoms with van der Waals surface area (Å²) in [4.78, 5) is 4.51. The number of halogens is 1. The summed E-state index contributed by atoms with van der Waals surface area (Å²) in [5, 5.41) is 10.7. The molecule has 0 aliphatic rings. The summed E-state index contributed by atoms with van der Waals surface area (Å²) < 4.78 is 1.88. The van der Waals surface area contributed by atoms with Crippen LogP contribution in [0.3, 0.4) is 0 Å². The maximum absolute atomic E-state index is 4.51. The van der Waals surface area contributed by atoms with Gasteiger partial charge in [0.2, 0.25) is 0 Å². The molecule has 0 aromatic carbocycles. The van der Waals surface area contributed by atoms with E-state index in [1.54, 1.807) is 6.20 Å². The minimum atomic E-state index is 0. The standard InChI is InChI=1S/C12H23N5.HI/c1-5-13-11(16-12(2,3)4)14-8-10-17-9-6-7-15-17;/h6-7,9H,5,8,10H2,1-4H3,(H2,13,14,16);1H. The first-order valence-corrected chi connectivity index (χ1v) is 6.05. The van der Waals surface area contributed by atoms with Crippen LogP contribution >= 0.6 is 24.0 Å². The van der Waals surface area contributed by atoms with Crippen molar-refractivity contribution in [3.05, 3.63) is 18.5 Å². The van der Waals surface area contributed by atoms with Crippen LogP contribution in [0, 0.1) is 0 Å². The van der Waals surface area contributed by atoms with E-state index >= 15 is 0 Å². The maximum atomic E-state index is 4.51. The van der Waals surface area contributed by atoms with E-state index in [-0.39, 0.29) is 29.5 Å². The number of hydrogen-bond acceptors (Lipinski definition) is 2. The van der Waals surface area contributed by atoms with Crippen molar-refractivity contribution in [3.8, 4) is 0 Å². The van der Waals surface area contributed by atoms with Gasteiger partial charge in [-0.15, -0.1) is 24.0 Å². The third-order valence-electron chi connectivity index (χ3n) is 2.00. The largest absolute Gasteiger partial charge is 0.357 e. The molecule has 5 nitrogen and oxygen atoms in total. The first-order chi connectivity index (χ1) is 8.01. The number of aromatic nitrogens is 2. The van der Waals surface area contributed by atoms with Gasteiger partial charge in [0.05, 0.1) is 13.1 Å².